The monoisotopic (exact) mass is 252 g/mol. The van der Waals surface area contributed by atoms with Crippen LogP contribution >= 0.6 is 11.3 Å². The van der Waals surface area contributed by atoms with Crippen molar-refractivity contribution in [2.45, 2.75) is 19.9 Å². The van der Waals surface area contributed by atoms with Crippen molar-refractivity contribution in [1.82, 2.24) is 15.6 Å². The molecule has 0 spiro atoms. The second-order valence-corrected chi connectivity index (χ2v) is 4.30. The first kappa shape index (κ1) is 13.1. The van der Waals surface area contributed by atoms with Crippen molar-refractivity contribution < 1.29 is 9.59 Å². The van der Waals surface area contributed by atoms with Crippen LogP contribution in [0.5, 0.6) is 0 Å². The van der Waals surface area contributed by atoms with Crippen LogP contribution in [0.3, 0.4) is 0 Å². The van der Waals surface area contributed by atoms with Crippen LogP contribution < -0.4 is 10.6 Å². The highest BCUT2D eigenvalue weighted by Gasteiger charge is 2.12. The summed E-state index contributed by atoms with van der Waals surface area (Å²) in [4.78, 5) is 27.6. The molecule has 0 atom stereocenters. The summed E-state index contributed by atoms with van der Waals surface area (Å²) in [5, 5.41) is 13.6. The van der Waals surface area contributed by atoms with E-state index in [1.165, 1.54) is 11.3 Å². The number of nitriles is 1. The maximum atomic E-state index is 11.2. The van der Waals surface area contributed by atoms with E-state index in [2.05, 4.69) is 15.6 Å². The van der Waals surface area contributed by atoms with Crippen LogP contribution in [0.1, 0.15) is 16.8 Å². The van der Waals surface area contributed by atoms with Crippen molar-refractivity contribution in [3.8, 4) is 6.07 Å². The molecule has 17 heavy (non-hydrogen) atoms. The van der Waals surface area contributed by atoms with Gasteiger partial charge in [-0.3, -0.25) is 9.59 Å². The largest absolute Gasteiger partial charge is 0.341 e. The van der Waals surface area contributed by atoms with Crippen LogP contribution in [-0.2, 0) is 22.6 Å². The predicted octanol–water partition coefficient (Wildman–Crippen LogP) is -0.0385. The van der Waals surface area contributed by atoms with Crippen LogP contribution in [0.4, 0.5) is 0 Å². The van der Waals surface area contributed by atoms with E-state index >= 15 is 0 Å². The molecule has 0 aromatic carbocycles. The number of thiazole rings is 1. The second-order valence-electron chi connectivity index (χ2n) is 3.10. The van der Waals surface area contributed by atoms with Gasteiger partial charge < -0.3 is 10.6 Å². The molecular weight excluding hydrogens is 240 g/mol. The van der Waals surface area contributed by atoms with Crippen LogP contribution in [0, 0.1) is 11.3 Å². The SMILES string of the molecule is CCc1cnc(CNC(=O)C(=O)NCC#N)s1. The third-order valence-electron chi connectivity index (χ3n) is 1.88. The smallest absolute Gasteiger partial charge is 0.310 e. The highest BCUT2D eigenvalue weighted by Crippen LogP contribution is 2.12. The fraction of sp³-hybridized carbons (Fsp3) is 0.400. The summed E-state index contributed by atoms with van der Waals surface area (Å²) in [6.45, 7) is 2.07. The number of nitrogens with one attached hydrogen (secondary N) is 2. The minimum atomic E-state index is -0.807. The molecule has 2 N–H and O–H groups in total. The number of hydrogen-bond acceptors (Lipinski definition) is 5. The second kappa shape index (κ2) is 6.60. The number of hydrogen-bond donors (Lipinski definition) is 2. The number of carbonyl (C=O) groups excluding carboxylic acids is 2. The fourth-order valence-electron chi connectivity index (χ4n) is 1.03. The molecule has 7 heteroatoms. The van der Waals surface area contributed by atoms with Gasteiger partial charge >= 0.3 is 11.8 Å². The van der Waals surface area contributed by atoms with E-state index in [1.807, 2.05) is 6.92 Å². The Morgan fingerprint density at radius 1 is 1.47 bits per heavy atom. The highest BCUT2D eigenvalue weighted by molar-refractivity contribution is 7.11. The predicted molar refractivity (Wildman–Crippen MR) is 62.0 cm³/mol. The van der Waals surface area contributed by atoms with Crippen LogP contribution in [0.2, 0.25) is 0 Å². The Morgan fingerprint density at radius 2 is 2.18 bits per heavy atom. The topological polar surface area (TPSA) is 94.9 Å². The Balaban J connectivity index is 2.37. The molecule has 0 fully saturated rings. The van der Waals surface area contributed by atoms with Gasteiger partial charge in [-0.05, 0) is 6.42 Å². The first-order chi connectivity index (χ1) is 8.17. The van der Waals surface area contributed by atoms with E-state index in [4.69, 9.17) is 5.26 Å². The van der Waals surface area contributed by atoms with Gasteiger partial charge in [-0.15, -0.1) is 11.3 Å². The molecule has 1 rings (SSSR count). The standard InChI is InChI=1S/C10H12N4O2S/c1-2-7-5-13-8(17-7)6-14-10(16)9(15)12-4-3-11/h5H,2,4,6H2,1H3,(H,12,15)(H,14,16). The lowest BCUT2D eigenvalue weighted by molar-refractivity contribution is -0.139. The maximum absolute atomic E-state index is 11.2. The average molecular weight is 252 g/mol. The first-order valence-corrected chi connectivity index (χ1v) is 5.85. The quantitative estimate of drug-likeness (QED) is 0.580. The molecule has 0 bridgehead atoms. The molecule has 0 aliphatic carbocycles. The summed E-state index contributed by atoms with van der Waals surface area (Å²) < 4.78 is 0. The third kappa shape index (κ3) is 4.20. The zero-order chi connectivity index (χ0) is 12.7. The number of amides is 2. The van der Waals surface area contributed by atoms with Crippen LogP contribution in [0.25, 0.3) is 0 Å². The first-order valence-electron chi connectivity index (χ1n) is 5.04. The van der Waals surface area contributed by atoms with E-state index < -0.39 is 11.8 Å². The van der Waals surface area contributed by atoms with Crippen LogP contribution in [-0.4, -0.2) is 23.3 Å². The lowest BCUT2D eigenvalue weighted by Gasteiger charge is -2.01. The van der Waals surface area contributed by atoms with Gasteiger partial charge in [-0.1, -0.05) is 6.92 Å². The van der Waals surface area contributed by atoms with Crippen molar-refractivity contribution in [1.29, 1.82) is 5.26 Å². The van der Waals surface area contributed by atoms with Gasteiger partial charge in [0.1, 0.15) is 11.6 Å². The number of aryl methyl sites for hydroxylation is 1. The van der Waals surface area contributed by atoms with Gasteiger partial charge in [0.2, 0.25) is 0 Å². The molecular formula is C10H12N4O2S. The Morgan fingerprint density at radius 3 is 2.76 bits per heavy atom. The van der Waals surface area contributed by atoms with E-state index in [-0.39, 0.29) is 13.1 Å². The minimum Gasteiger partial charge on any atom is -0.341 e. The average Bonchev–Trinajstić information content (AvgIpc) is 2.80. The van der Waals surface area contributed by atoms with Crippen molar-refractivity contribution in [3.05, 3.63) is 16.1 Å². The van der Waals surface area contributed by atoms with Crippen molar-refractivity contribution in [2.75, 3.05) is 6.54 Å². The normalized spacial score (nSPS) is 9.41. The summed E-state index contributed by atoms with van der Waals surface area (Å²) in [7, 11) is 0. The molecule has 0 aliphatic rings. The van der Waals surface area contributed by atoms with Gasteiger partial charge in [0.15, 0.2) is 0 Å². The maximum Gasteiger partial charge on any atom is 0.310 e. The summed E-state index contributed by atoms with van der Waals surface area (Å²) >= 11 is 1.49. The minimum absolute atomic E-state index is 0.177. The zero-order valence-electron chi connectivity index (χ0n) is 9.32. The molecule has 0 aliphatic heterocycles. The Bertz CT molecular complexity index is 449. The van der Waals surface area contributed by atoms with E-state index in [0.29, 0.717) is 0 Å². The molecule has 1 heterocycles. The Hall–Kier alpha value is -1.94. The summed E-state index contributed by atoms with van der Waals surface area (Å²) in [5.41, 5.74) is 0. The fourth-order valence-corrected chi connectivity index (χ4v) is 1.83. The number of rotatable bonds is 4. The van der Waals surface area contributed by atoms with Gasteiger partial charge in [-0.25, -0.2) is 4.98 Å². The molecule has 1 aromatic heterocycles. The zero-order valence-corrected chi connectivity index (χ0v) is 10.1. The molecule has 90 valence electrons. The molecule has 1 aromatic rings. The molecule has 0 unspecified atom stereocenters. The lowest BCUT2D eigenvalue weighted by Crippen LogP contribution is -2.39. The van der Waals surface area contributed by atoms with Gasteiger partial charge in [0, 0.05) is 11.1 Å². The Kier molecular flexibility index (Phi) is 5.10. The van der Waals surface area contributed by atoms with E-state index in [1.54, 1.807) is 12.3 Å². The van der Waals surface area contributed by atoms with Crippen molar-refractivity contribution in [3.63, 3.8) is 0 Å². The summed E-state index contributed by atoms with van der Waals surface area (Å²) in [5.74, 6) is -1.56. The van der Waals surface area contributed by atoms with Crippen molar-refractivity contribution >= 4 is 23.2 Å². The van der Waals surface area contributed by atoms with Crippen LogP contribution in [0.15, 0.2) is 6.20 Å². The molecule has 2 amide bonds. The van der Waals surface area contributed by atoms with Gasteiger partial charge in [0.25, 0.3) is 0 Å². The van der Waals surface area contributed by atoms with Gasteiger partial charge in [0.05, 0.1) is 12.6 Å². The third-order valence-corrected chi connectivity index (χ3v) is 3.03. The number of nitrogens with zero attached hydrogens (tertiary/aromatic N) is 2. The number of aromatic nitrogens is 1. The Labute approximate surface area is 103 Å². The highest BCUT2D eigenvalue weighted by atomic mass is 32.1. The molecule has 0 saturated carbocycles. The lowest BCUT2D eigenvalue weighted by atomic mass is 10.4. The number of carbonyl (C=O) groups is 2. The van der Waals surface area contributed by atoms with E-state index in [0.717, 1.165) is 16.3 Å². The van der Waals surface area contributed by atoms with E-state index in [9.17, 15) is 9.59 Å². The van der Waals surface area contributed by atoms with Crippen molar-refractivity contribution in [2.24, 2.45) is 0 Å². The molecule has 6 nitrogen and oxygen atoms in total. The van der Waals surface area contributed by atoms with Gasteiger partial charge in [-0.2, -0.15) is 5.26 Å². The molecule has 0 saturated heterocycles. The summed E-state index contributed by atoms with van der Waals surface area (Å²) in [6, 6.07) is 1.72. The summed E-state index contributed by atoms with van der Waals surface area (Å²) in [6.07, 6.45) is 2.65. The molecule has 0 radical (unpaired) electrons.